The van der Waals surface area contributed by atoms with Gasteiger partial charge in [-0.2, -0.15) is 0 Å². The highest BCUT2D eigenvalue weighted by molar-refractivity contribution is 5.89. The molecular weight excluding hydrogens is 337 g/mol. The van der Waals surface area contributed by atoms with E-state index in [4.69, 9.17) is 4.74 Å². The number of halogens is 3. The van der Waals surface area contributed by atoms with Crippen LogP contribution < -0.4 is 14.8 Å². The van der Waals surface area contributed by atoms with Gasteiger partial charge >= 0.3 is 12.4 Å². The van der Waals surface area contributed by atoms with Crippen molar-refractivity contribution in [3.63, 3.8) is 0 Å². The van der Waals surface area contributed by atoms with Crippen molar-refractivity contribution in [3.8, 4) is 11.5 Å². The SMILES string of the molecule is COc1cccc(CN(C)C(=O)Nc2ccc(OC(F)(F)F)cc2)c1. The van der Waals surface area contributed by atoms with Crippen molar-refractivity contribution >= 4 is 11.7 Å². The average Bonchev–Trinajstić information content (AvgIpc) is 2.55. The van der Waals surface area contributed by atoms with E-state index in [1.807, 2.05) is 18.2 Å². The van der Waals surface area contributed by atoms with Crippen LogP contribution in [0.2, 0.25) is 0 Å². The zero-order chi connectivity index (χ0) is 18.4. The molecule has 0 bridgehead atoms. The minimum atomic E-state index is -4.75. The van der Waals surface area contributed by atoms with Crippen LogP contribution in [0.4, 0.5) is 23.7 Å². The van der Waals surface area contributed by atoms with Crippen LogP contribution in [-0.4, -0.2) is 31.5 Å². The Balaban J connectivity index is 1.94. The summed E-state index contributed by atoms with van der Waals surface area (Å²) in [5.74, 6) is 0.335. The lowest BCUT2D eigenvalue weighted by atomic mass is 10.2. The van der Waals surface area contributed by atoms with Crippen LogP contribution in [0.5, 0.6) is 11.5 Å². The minimum Gasteiger partial charge on any atom is -0.497 e. The van der Waals surface area contributed by atoms with Crippen molar-refractivity contribution < 1.29 is 27.4 Å². The third-order valence-corrected chi connectivity index (χ3v) is 3.24. The van der Waals surface area contributed by atoms with Crippen LogP contribution in [-0.2, 0) is 6.54 Å². The molecule has 0 saturated heterocycles. The molecule has 8 heteroatoms. The molecule has 1 N–H and O–H groups in total. The van der Waals surface area contributed by atoms with Crippen molar-refractivity contribution in [1.29, 1.82) is 0 Å². The molecule has 0 saturated carbocycles. The molecule has 2 aromatic rings. The highest BCUT2D eigenvalue weighted by Crippen LogP contribution is 2.24. The Labute approximate surface area is 143 Å². The summed E-state index contributed by atoms with van der Waals surface area (Å²) >= 11 is 0. The molecule has 2 aromatic carbocycles. The molecule has 0 heterocycles. The number of rotatable bonds is 5. The minimum absolute atomic E-state index is 0.346. The van der Waals surface area contributed by atoms with Crippen molar-refractivity contribution in [2.45, 2.75) is 12.9 Å². The van der Waals surface area contributed by atoms with Gasteiger partial charge in [0.05, 0.1) is 7.11 Å². The van der Waals surface area contributed by atoms with E-state index in [0.717, 1.165) is 17.7 Å². The maximum atomic E-state index is 12.2. The van der Waals surface area contributed by atoms with Crippen molar-refractivity contribution in [1.82, 2.24) is 4.90 Å². The van der Waals surface area contributed by atoms with E-state index in [1.165, 1.54) is 17.0 Å². The van der Waals surface area contributed by atoms with Crippen LogP contribution in [0.15, 0.2) is 48.5 Å². The maximum Gasteiger partial charge on any atom is 0.573 e. The molecule has 0 radical (unpaired) electrons. The van der Waals surface area contributed by atoms with Crippen molar-refractivity contribution in [2.24, 2.45) is 0 Å². The third-order valence-electron chi connectivity index (χ3n) is 3.24. The Kier molecular flexibility index (Phi) is 5.74. The van der Waals surface area contributed by atoms with Gasteiger partial charge in [-0.1, -0.05) is 12.1 Å². The largest absolute Gasteiger partial charge is 0.573 e. The third kappa shape index (κ3) is 5.91. The lowest BCUT2D eigenvalue weighted by Crippen LogP contribution is -2.30. The number of anilines is 1. The summed E-state index contributed by atoms with van der Waals surface area (Å²) in [6.45, 7) is 0.346. The number of urea groups is 1. The smallest absolute Gasteiger partial charge is 0.497 e. The van der Waals surface area contributed by atoms with Crippen LogP contribution in [0.25, 0.3) is 0 Å². The molecule has 0 unspecified atom stereocenters. The van der Waals surface area contributed by atoms with Gasteiger partial charge in [0.25, 0.3) is 0 Å². The Hall–Kier alpha value is -2.90. The Morgan fingerprint density at radius 2 is 1.80 bits per heavy atom. The first-order valence-electron chi connectivity index (χ1n) is 7.28. The number of hydrogen-bond donors (Lipinski definition) is 1. The van der Waals surface area contributed by atoms with E-state index in [2.05, 4.69) is 10.1 Å². The zero-order valence-electron chi connectivity index (χ0n) is 13.6. The number of benzene rings is 2. The Bertz CT molecular complexity index is 718. The fraction of sp³-hybridized carbons (Fsp3) is 0.235. The van der Waals surface area contributed by atoms with Gasteiger partial charge in [0.2, 0.25) is 0 Å². The van der Waals surface area contributed by atoms with Crippen LogP contribution in [0, 0.1) is 0 Å². The molecule has 0 aliphatic carbocycles. The molecule has 0 spiro atoms. The Morgan fingerprint density at radius 1 is 1.12 bits per heavy atom. The molecule has 2 rings (SSSR count). The number of methoxy groups -OCH3 is 1. The second-order valence-electron chi connectivity index (χ2n) is 5.21. The summed E-state index contributed by atoms with van der Waals surface area (Å²) in [5, 5.41) is 2.60. The predicted octanol–water partition coefficient (Wildman–Crippen LogP) is 4.26. The molecule has 0 aliphatic rings. The zero-order valence-corrected chi connectivity index (χ0v) is 13.6. The maximum absolute atomic E-state index is 12.2. The van der Waals surface area contributed by atoms with Gasteiger partial charge in [0.15, 0.2) is 0 Å². The van der Waals surface area contributed by atoms with E-state index in [-0.39, 0.29) is 5.75 Å². The summed E-state index contributed by atoms with van der Waals surface area (Å²) in [4.78, 5) is 13.6. The topological polar surface area (TPSA) is 50.8 Å². The van der Waals surface area contributed by atoms with Crippen LogP contribution in [0.3, 0.4) is 0 Å². The second-order valence-corrected chi connectivity index (χ2v) is 5.21. The predicted molar refractivity (Wildman–Crippen MR) is 86.6 cm³/mol. The van der Waals surface area contributed by atoms with Gasteiger partial charge in [-0.25, -0.2) is 4.79 Å². The number of carbonyl (C=O) groups is 1. The van der Waals surface area contributed by atoms with Crippen molar-refractivity contribution in [3.05, 3.63) is 54.1 Å². The van der Waals surface area contributed by atoms with Crippen LogP contribution in [0.1, 0.15) is 5.56 Å². The molecule has 0 atom stereocenters. The average molecular weight is 354 g/mol. The van der Waals surface area contributed by atoms with Gasteiger partial charge in [-0.05, 0) is 42.0 Å². The first-order chi connectivity index (χ1) is 11.8. The van der Waals surface area contributed by atoms with E-state index >= 15 is 0 Å². The van der Waals surface area contributed by atoms with E-state index in [0.29, 0.717) is 18.0 Å². The van der Waals surface area contributed by atoms with Crippen LogP contribution >= 0.6 is 0 Å². The molecule has 5 nitrogen and oxygen atoms in total. The molecule has 25 heavy (non-hydrogen) atoms. The lowest BCUT2D eigenvalue weighted by molar-refractivity contribution is -0.274. The number of hydrogen-bond acceptors (Lipinski definition) is 3. The number of nitrogens with one attached hydrogen (secondary N) is 1. The van der Waals surface area contributed by atoms with Crippen molar-refractivity contribution in [2.75, 3.05) is 19.5 Å². The molecular formula is C17H17F3N2O3. The lowest BCUT2D eigenvalue weighted by Gasteiger charge is -2.18. The quantitative estimate of drug-likeness (QED) is 0.873. The van der Waals surface area contributed by atoms with E-state index < -0.39 is 12.4 Å². The van der Waals surface area contributed by atoms with E-state index in [9.17, 15) is 18.0 Å². The Morgan fingerprint density at radius 3 is 2.40 bits per heavy atom. The van der Waals surface area contributed by atoms with Gasteiger partial charge in [-0.3, -0.25) is 0 Å². The summed E-state index contributed by atoms with van der Waals surface area (Å²) < 4.78 is 45.2. The number of amides is 2. The molecule has 134 valence electrons. The fourth-order valence-electron chi connectivity index (χ4n) is 2.08. The van der Waals surface area contributed by atoms with Gasteiger partial charge in [0, 0.05) is 19.3 Å². The fourth-order valence-corrected chi connectivity index (χ4v) is 2.08. The molecule has 0 fully saturated rings. The first kappa shape index (κ1) is 18.4. The normalized spacial score (nSPS) is 10.9. The molecule has 0 aliphatic heterocycles. The summed E-state index contributed by atoms with van der Waals surface area (Å²) in [6, 6.07) is 11.8. The first-order valence-corrected chi connectivity index (χ1v) is 7.28. The highest BCUT2D eigenvalue weighted by atomic mass is 19.4. The number of alkyl halides is 3. The second kappa shape index (κ2) is 7.78. The number of nitrogens with zero attached hydrogens (tertiary/aromatic N) is 1. The summed E-state index contributed by atoms with van der Waals surface area (Å²) in [5.41, 5.74) is 1.24. The summed E-state index contributed by atoms with van der Waals surface area (Å²) in [7, 11) is 3.16. The number of ether oxygens (including phenoxy) is 2. The van der Waals surface area contributed by atoms with E-state index in [1.54, 1.807) is 20.2 Å². The molecule has 2 amide bonds. The molecule has 0 aromatic heterocycles. The monoisotopic (exact) mass is 354 g/mol. The van der Waals surface area contributed by atoms with Gasteiger partial charge in [-0.15, -0.1) is 13.2 Å². The standard InChI is InChI=1S/C17H17F3N2O3/c1-22(11-12-4-3-5-15(10-12)24-2)16(23)21-13-6-8-14(9-7-13)25-17(18,19)20/h3-10H,11H2,1-2H3,(H,21,23). The summed E-state index contributed by atoms with van der Waals surface area (Å²) in [6.07, 6.45) is -4.75. The highest BCUT2D eigenvalue weighted by Gasteiger charge is 2.30. The van der Waals surface area contributed by atoms with Gasteiger partial charge in [0.1, 0.15) is 11.5 Å². The number of carbonyl (C=O) groups excluding carboxylic acids is 1. The van der Waals surface area contributed by atoms with Gasteiger partial charge < -0.3 is 19.7 Å².